The van der Waals surface area contributed by atoms with E-state index in [4.69, 9.17) is 0 Å². The Hall–Kier alpha value is -0.154. The van der Waals surface area contributed by atoms with Crippen LogP contribution in [-0.4, -0.2) is 60.0 Å². The monoisotopic (exact) mass is 358 g/mol. The minimum atomic E-state index is -5.74. The fourth-order valence-corrected chi connectivity index (χ4v) is 0.371. The van der Waals surface area contributed by atoms with E-state index in [9.17, 15) is 62.9 Å². The van der Waals surface area contributed by atoms with Crippen LogP contribution in [0.25, 0.3) is 0 Å². The van der Waals surface area contributed by atoms with Crippen molar-refractivity contribution >= 4 is 23.1 Å². The first kappa shape index (κ1) is 25.8. The first-order valence-corrected chi connectivity index (χ1v) is 3.89. The van der Waals surface area contributed by atoms with Gasteiger partial charge in [0, 0.05) is 0 Å². The van der Waals surface area contributed by atoms with Crippen molar-refractivity contribution in [1.29, 1.82) is 0 Å². The van der Waals surface area contributed by atoms with Crippen LogP contribution in [0.5, 0.6) is 0 Å². The van der Waals surface area contributed by atoms with Crippen LogP contribution in [0.2, 0.25) is 0 Å². The second-order valence-corrected chi connectivity index (χ2v) is 2.93. The zero-order valence-electron chi connectivity index (χ0n) is 9.21. The third kappa shape index (κ3) is 11.1. The topological polar surface area (TPSA) is 46.1 Å². The molecule has 0 amide bonds. The summed E-state index contributed by atoms with van der Waals surface area (Å²) in [6.07, 6.45) is -31.9. The fourth-order valence-electron chi connectivity index (χ4n) is 0.371. The van der Waals surface area contributed by atoms with E-state index in [1.165, 1.54) is 0 Å². The zero-order chi connectivity index (χ0) is 17.2. The Bertz CT molecular complexity index is 230. The van der Waals surface area contributed by atoms with E-state index in [0.29, 0.717) is 0 Å². The van der Waals surface area contributed by atoms with E-state index < -0.39 is 36.9 Å². The molecule has 15 heteroatoms. The van der Waals surface area contributed by atoms with E-state index in [1.807, 2.05) is 0 Å². The molecule has 0 aliphatic rings. The van der Waals surface area contributed by atoms with Gasteiger partial charge in [-0.15, -0.1) is 0 Å². The molecule has 0 aliphatic carbocycles. The maximum atomic E-state index is 10.9. The number of alkyl halides is 12. The van der Waals surface area contributed by atoms with Crippen LogP contribution < -0.4 is 10.2 Å². The average molecular weight is 358 g/mol. The Labute approximate surface area is 123 Å². The SMILES string of the molecule is [Mg+2].[O-]C(C(F)(F)F)C(F)(F)F.[O-]C(C(F)(F)F)C(F)(F)F. The minimum Gasteiger partial charge on any atom is -0.839 e. The van der Waals surface area contributed by atoms with Gasteiger partial charge in [-0.25, -0.2) is 0 Å². The van der Waals surface area contributed by atoms with Crippen LogP contribution in [0.4, 0.5) is 52.7 Å². The summed E-state index contributed by atoms with van der Waals surface area (Å²) in [5.74, 6) is 0. The molecule has 0 radical (unpaired) electrons. The van der Waals surface area contributed by atoms with Crippen molar-refractivity contribution in [2.75, 3.05) is 0 Å². The summed E-state index contributed by atoms with van der Waals surface area (Å²) in [6, 6.07) is 0. The quantitative estimate of drug-likeness (QED) is 0.484. The summed E-state index contributed by atoms with van der Waals surface area (Å²) in [4.78, 5) is 0. The molecule has 0 aromatic heterocycles. The van der Waals surface area contributed by atoms with Crippen molar-refractivity contribution in [1.82, 2.24) is 0 Å². The third-order valence-electron chi connectivity index (χ3n) is 1.19. The van der Waals surface area contributed by atoms with Crippen molar-refractivity contribution in [3.05, 3.63) is 0 Å². The number of halogens is 12. The summed E-state index contributed by atoms with van der Waals surface area (Å²) in [5, 5.41) is 18.6. The van der Waals surface area contributed by atoms with Gasteiger partial charge in [0.1, 0.15) is 0 Å². The van der Waals surface area contributed by atoms with Crippen molar-refractivity contribution in [3.8, 4) is 0 Å². The summed E-state index contributed by atoms with van der Waals surface area (Å²) < 4.78 is 131. The Morgan fingerprint density at radius 2 is 0.524 bits per heavy atom. The molecule has 0 unspecified atom stereocenters. The van der Waals surface area contributed by atoms with Crippen LogP contribution in [0.15, 0.2) is 0 Å². The average Bonchev–Trinajstić information content (AvgIpc) is 2.10. The molecule has 0 bridgehead atoms. The summed E-state index contributed by atoms with van der Waals surface area (Å²) in [6.45, 7) is 0. The van der Waals surface area contributed by atoms with E-state index in [-0.39, 0.29) is 23.1 Å². The van der Waals surface area contributed by atoms with Gasteiger partial charge in [0.15, 0.2) is 0 Å². The Kier molecular flexibility index (Phi) is 9.71. The number of rotatable bonds is 0. The van der Waals surface area contributed by atoms with Gasteiger partial charge in [0.2, 0.25) is 0 Å². The smallest absolute Gasteiger partial charge is 0.839 e. The maximum absolute atomic E-state index is 10.9. The molecule has 0 atom stereocenters. The van der Waals surface area contributed by atoms with E-state index in [2.05, 4.69) is 0 Å². The largest absolute Gasteiger partial charge is 2.00 e. The predicted molar refractivity (Wildman–Crippen MR) is 37.5 cm³/mol. The van der Waals surface area contributed by atoms with Gasteiger partial charge >= 0.3 is 47.8 Å². The van der Waals surface area contributed by atoms with Gasteiger partial charge in [-0.3, -0.25) is 0 Å². The molecule has 0 N–H and O–H groups in total. The fraction of sp³-hybridized carbons (Fsp3) is 1.00. The second-order valence-electron chi connectivity index (χ2n) is 2.93. The Balaban J connectivity index is -0.000000295. The summed E-state index contributed by atoms with van der Waals surface area (Å²) >= 11 is 0. The standard InChI is InChI=1S/2C3HF6O.Mg/c2*4-2(5,6)1(10)3(7,8)9;/h2*1H;/q2*-1;+2. The molecule has 2 nitrogen and oxygen atoms in total. The van der Waals surface area contributed by atoms with E-state index in [0.717, 1.165) is 0 Å². The van der Waals surface area contributed by atoms with Crippen LogP contribution in [-0.2, 0) is 0 Å². The molecule has 124 valence electrons. The molecule has 0 heterocycles. The molecule has 0 spiro atoms. The molecule has 0 saturated heterocycles. The van der Waals surface area contributed by atoms with Crippen molar-refractivity contribution in [3.63, 3.8) is 0 Å². The number of hydrogen-bond acceptors (Lipinski definition) is 2. The van der Waals surface area contributed by atoms with Gasteiger partial charge in [0.25, 0.3) is 0 Å². The molecule has 0 fully saturated rings. The summed E-state index contributed by atoms with van der Waals surface area (Å²) in [7, 11) is 0. The Morgan fingerprint density at radius 3 is 0.524 bits per heavy atom. The van der Waals surface area contributed by atoms with E-state index >= 15 is 0 Å². The van der Waals surface area contributed by atoms with Crippen LogP contribution in [0.1, 0.15) is 0 Å². The third-order valence-corrected chi connectivity index (χ3v) is 1.19. The zero-order valence-corrected chi connectivity index (χ0v) is 10.6. The maximum Gasteiger partial charge on any atom is 2.00 e. The molecule has 21 heavy (non-hydrogen) atoms. The first-order chi connectivity index (χ1) is 8.31. The van der Waals surface area contributed by atoms with Crippen molar-refractivity contribution in [2.24, 2.45) is 0 Å². The molecule has 0 aliphatic heterocycles. The number of hydrogen-bond donors (Lipinski definition) is 0. The van der Waals surface area contributed by atoms with Gasteiger partial charge < -0.3 is 10.2 Å². The normalized spacial score (nSPS) is 13.7. The van der Waals surface area contributed by atoms with Crippen LogP contribution in [0, 0.1) is 0 Å². The molecule has 0 saturated carbocycles. The van der Waals surface area contributed by atoms with Gasteiger partial charge in [-0.1, -0.05) is 0 Å². The predicted octanol–water partition coefficient (Wildman–Crippen LogP) is 1.30. The van der Waals surface area contributed by atoms with Crippen molar-refractivity contribution < 1.29 is 62.9 Å². The van der Waals surface area contributed by atoms with Crippen LogP contribution >= 0.6 is 0 Å². The minimum absolute atomic E-state index is 0. The van der Waals surface area contributed by atoms with Crippen LogP contribution in [0.3, 0.4) is 0 Å². The molecular weight excluding hydrogens is 356 g/mol. The molecular formula is C6H2F12MgO2. The molecule has 0 rings (SSSR count). The van der Waals surface area contributed by atoms with Gasteiger partial charge in [-0.2, -0.15) is 52.7 Å². The van der Waals surface area contributed by atoms with E-state index in [1.54, 1.807) is 0 Å². The first-order valence-electron chi connectivity index (χ1n) is 3.89. The van der Waals surface area contributed by atoms with Gasteiger partial charge in [0.05, 0.1) is 12.2 Å². The molecule has 0 aromatic rings. The Morgan fingerprint density at radius 1 is 0.429 bits per heavy atom. The van der Waals surface area contributed by atoms with Crippen molar-refractivity contribution in [2.45, 2.75) is 36.9 Å². The second kappa shape index (κ2) is 7.91. The molecule has 0 aromatic carbocycles. The summed E-state index contributed by atoms with van der Waals surface area (Å²) in [5.41, 5.74) is 0. The van der Waals surface area contributed by atoms with Gasteiger partial charge in [-0.05, 0) is 0 Å².